The molecule has 0 bridgehead atoms. The molecular weight excluding hydrogens is 381 g/mol. The maximum absolute atomic E-state index is 14.7. The van der Waals surface area contributed by atoms with Gasteiger partial charge in [-0.2, -0.15) is 0 Å². The Kier molecular flexibility index (Phi) is 5.36. The van der Waals surface area contributed by atoms with Crippen LogP contribution in [0.5, 0.6) is 0 Å². The lowest BCUT2D eigenvalue weighted by molar-refractivity contribution is -0.139. The summed E-state index contributed by atoms with van der Waals surface area (Å²) in [5, 5.41) is 12.9. The minimum absolute atomic E-state index is 0.0717. The van der Waals surface area contributed by atoms with Crippen LogP contribution in [0.15, 0.2) is 72.3 Å². The summed E-state index contributed by atoms with van der Waals surface area (Å²) in [4.78, 5) is 27.2. The van der Waals surface area contributed by atoms with Gasteiger partial charge in [0.25, 0.3) is 11.7 Å². The Morgan fingerprint density at radius 3 is 2.47 bits per heavy atom. The van der Waals surface area contributed by atoms with Crippen molar-refractivity contribution in [2.24, 2.45) is 0 Å². The maximum Gasteiger partial charge on any atom is 0.295 e. The molecule has 0 aromatic heterocycles. The minimum atomic E-state index is -0.961. The van der Waals surface area contributed by atoms with E-state index in [4.69, 9.17) is 0 Å². The third kappa shape index (κ3) is 3.26. The lowest BCUT2D eigenvalue weighted by atomic mass is 9.93. The molecular formula is C25H22FNO3. The Balaban J connectivity index is 1.96. The van der Waals surface area contributed by atoms with Gasteiger partial charge >= 0.3 is 0 Å². The first-order valence-electron chi connectivity index (χ1n) is 10.1. The molecule has 1 fully saturated rings. The van der Waals surface area contributed by atoms with Gasteiger partial charge in [0.1, 0.15) is 11.6 Å². The number of aliphatic hydroxyl groups is 1. The Morgan fingerprint density at radius 1 is 1.00 bits per heavy atom. The van der Waals surface area contributed by atoms with Crippen molar-refractivity contribution >= 4 is 28.2 Å². The summed E-state index contributed by atoms with van der Waals surface area (Å²) in [6, 6.07) is 18.0. The van der Waals surface area contributed by atoms with Crippen LogP contribution in [0.3, 0.4) is 0 Å². The van der Waals surface area contributed by atoms with Gasteiger partial charge in [0.15, 0.2) is 0 Å². The van der Waals surface area contributed by atoms with Crippen LogP contribution in [0.4, 0.5) is 4.39 Å². The highest BCUT2D eigenvalue weighted by molar-refractivity contribution is 6.46. The van der Waals surface area contributed by atoms with Crippen molar-refractivity contribution in [3.63, 3.8) is 0 Å². The molecule has 1 atom stereocenters. The fourth-order valence-corrected chi connectivity index (χ4v) is 4.04. The Labute approximate surface area is 174 Å². The lowest BCUT2D eigenvalue weighted by Crippen LogP contribution is -2.31. The van der Waals surface area contributed by atoms with E-state index in [0.717, 1.165) is 17.2 Å². The molecule has 1 saturated heterocycles. The van der Waals surface area contributed by atoms with E-state index in [1.165, 1.54) is 11.0 Å². The molecule has 1 amide bonds. The highest BCUT2D eigenvalue weighted by atomic mass is 19.1. The second-order valence-electron chi connectivity index (χ2n) is 7.39. The number of hydrogen-bond donors (Lipinski definition) is 1. The van der Waals surface area contributed by atoms with Crippen molar-refractivity contribution in [1.82, 2.24) is 4.90 Å². The molecule has 4 nitrogen and oxygen atoms in total. The predicted octanol–water partition coefficient (Wildman–Crippen LogP) is 5.20. The van der Waals surface area contributed by atoms with Gasteiger partial charge in [-0.15, -0.1) is 0 Å². The Hall–Kier alpha value is -3.47. The van der Waals surface area contributed by atoms with Gasteiger partial charge < -0.3 is 10.0 Å². The van der Waals surface area contributed by atoms with E-state index in [1.54, 1.807) is 30.3 Å². The summed E-state index contributed by atoms with van der Waals surface area (Å²) < 4.78 is 14.7. The molecule has 152 valence electrons. The molecule has 3 aromatic rings. The highest BCUT2D eigenvalue weighted by Crippen LogP contribution is 2.41. The standard InChI is InChI=1S/C25H22FNO3/c1-2-3-15-27-22(19-12-6-7-14-20(19)26)21(24(29)25(27)30)23(28)18-13-8-10-16-9-4-5-11-17(16)18/h4-14,22,28H,2-3,15H2,1H3/b23-21+. The largest absolute Gasteiger partial charge is 0.507 e. The maximum atomic E-state index is 14.7. The van der Waals surface area contributed by atoms with Crippen molar-refractivity contribution < 1.29 is 19.1 Å². The molecule has 3 aromatic carbocycles. The number of fused-ring (bicyclic) bond motifs is 1. The molecule has 1 unspecified atom stereocenters. The number of halogens is 1. The van der Waals surface area contributed by atoms with Gasteiger partial charge in [-0.3, -0.25) is 9.59 Å². The predicted molar refractivity (Wildman–Crippen MR) is 114 cm³/mol. The number of carbonyl (C=O) groups excluding carboxylic acids is 2. The highest BCUT2D eigenvalue weighted by Gasteiger charge is 2.46. The van der Waals surface area contributed by atoms with Gasteiger partial charge in [-0.25, -0.2) is 4.39 Å². The minimum Gasteiger partial charge on any atom is -0.507 e. The van der Waals surface area contributed by atoms with Crippen LogP contribution >= 0.6 is 0 Å². The first-order chi connectivity index (χ1) is 14.5. The fourth-order valence-electron chi connectivity index (χ4n) is 4.04. The first kappa shape index (κ1) is 19.8. The van der Waals surface area contributed by atoms with Crippen LogP contribution in [0.25, 0.3) is 16.5 Å². The zero-order valence-electron chi connectivity index (χ0n) is 16.6. The topological polar surface area (TPSA) is 57.6 Å². The third-order valence-electron chi connectivity index (χ3n) is 5.54. The van der Waals surface area contributed by atoms with Gasteiger partial charge in [0.2, 0.25) is 0 Å². The number of aliphatic hydroxyl groups excluding tert-OH is 1. The van der Waals surface area contributed by atoms with E-state index in [-0.39, 0.29) is 16.9 Å². The number of benzene rings is 3. The molecule has 1 aliphatic rings. The smallest absolute Gasteiger partial charge is 0.295 e. The van der Waals surface area contributed by atoms with Crippen molar-refractivity contribution in [3.8, 4) is 0 Å². The monoisotopic (exact) mass is 403 g/mol. The van der Waals surface area contributed by atoms with Gasteiger partial charge in [0.05, 0.1) is 11.6 Å². The number of amides is 1. The summed E-state index contributed by atoms with van der Waals surface area (Å²) in [7, 11) is 0. The van der Waals surface area contributed by atoms with Gasteiger partial charge in [-0.05, 0) is 23.3 Å². The quantitative estimate of drug-likeness (QED) is 0.362. The zero-order chi connectivity index (χ0) is 21.3. The molecule has 1 N–H and O–H groups in total. The summed E-state index contributed by atoms with van der Waals surface area (Å²) in [6.07, 6.45) is 1.49. The van der Waals surface area contributed by atoms with E-state index >= 15 is 0 Å². The second kappa shape index (κ2) is 8.11. The average molecular weight is 403 g/mol. The number of likely N-dealkylation sites (tertiary alicyclic amines) is 1. The molecule has 4 rings (SSSR count). The van der Waals surface area contributed by atoms with Crippen LogP contribution in [0.2, 0.25) is 0 Å². The molecule has 5 heteroatoms. The van der Waals surface area contributed by atoms with E-state index in [2.05, 4.69) is 0 Å². The number of ketones is 1. The molecule has 1 aliphatic heterocycles. The molecule has 0 saturated carbocycles. The van der Waals surface area contributed by atoms with Crippen LogP contribution in [-0.4, -0.2) is 28.2 Å². The SMILES string of the molecule is CCCCN1C(=O)C(=O)/C(=C(/O)c2cccc3ccccc23)C1c1ccccc1F. The molecule has 30 heavy (non-hydrogen) atoms. The van der Waals surface area contributed by atoms with E-state index in [0.29, 0.717) is 18.5 Å². The second-order valence-corrected chi connectivity index (χ2v) is 7.39. The normalized spacial score (nSPS) is 18.3. The van der Waals surface area contributed by atoms with Crippen LogP contribution in [-0.2, 0) is 9.59 Å². The number of rotatable bonds is 5. The van der Waals surface area contributed by atoms with Crippen molar-refractivity contribution in [2.75, 3.05) is 6.54 Å². The van der Waals surface area contributed by atoms with E-state index in [9.17, 15) is 19.1 Å². The number of hydrogen-bond acceptors (Lipinski definition) is 3. The number of unbranched alkanes of at least 4 members (excludes halogenated alkanes) is 1. The summed E-state index contributed by atoms with van der Waals surface area (Å²) in [5.74, 6) is -2.30. The molecule has 0 radical (unpaired) electrons. The third-order valence-corrected chi connectivity index (χ3v) is 5.54. The van der Waals surface area contributed by atoms with Crippen LogP contribution in [0.1, 0.15) is 36.9 Å². The summed E-state index contributed by atoms with van der Waals surface area (Å²) in [6.45, 7) is 2.29. The van der Waals surface area contributed by atoms with E-state index in [1.807, 2.05) is 37.3 Å². The fraction of sp³-hybridized carbons (Fsp3) is 0.200. The van der Waals surface area contributed by atoms with E-state index < -0.39 is 23.5 Å². The van der Waals surface area contributed by atoms with Crippen LogP contribution in [0, 0.1) is 5.82 Å². The van der Waals surface area contributed by atoms with Gasteiger partial charge in [-0.1, -0.05) is 74.0 Å². The summed E-state index contributed by atoms with van der Waals surface area (Å²) >= 11 is 0. The molecule has 0 aliphatic carbocycles. The van der Waals surface area contributed by atoms with Crippen molar-refractivity contribution in [2.45, 2.75) is 25.8 Å². The first-order valence-corrected chi connectivity index (χ1v) is 10.1. The molecule has 1 heterocycles. The summed E-state index contributed by atoms with van der Waals surface area (Å²) in [5.41, 5.74) is 0.579. The average Bonchev–Trinajstić information content (AvgIpc) is 3.01. The van der Waals surface area contributed by atoms with Crippen LogP contribution < -0.4 is 0 Å². The molecule has 0 spiro atoms. The van der Waals surface area contributed by atoms with Crippen molar-refractivity contribution in [1.29, 1.82) is 0 Å². The Bertz CT molecular complexity index is 1160. The number of Topliss-reactive ketones (excluding diaryl/α,β-unsaturated/α-hetero) is 1. The van der Waals surface area contributed by atoms with Crippen molar-refractivity contribution in [3.05, 3.63) is 89.2 Å². The number of carbonyl (C=O) groups is 2. The Morgan fingerprint density at radius 2 is 1.70 bits per heavy atom. The number of nitrogens with zero attached hydrogens (tertiary/aromatic N) is 1. The van der Waals surface area contributed by atoms with Gasteiger partial charge in [0, 0.05) is 17.7 Å². The zero-order valence-corrected chi connectivity index (χ0v) is 16.6. The lowest BCUT2D eigenvalue weighted by Gasteiger charge is -2.25.